The molecule has 0 aliphatic carbocycles. The first-order valence-corrected chi connectivity index (χ1v) is 4.78. The summed E-state index contributed by atoms with van der Waals surface area (Å²) in [5, 5.41) is -0.0507. The molecule has 0 aliphatic heterocycles. The van der Waals surface area contributed by atoms with Gasteiger partial charge in [-0.25, -0.2) is 8.78 Å². The second kappa shape index (κ2) is 4.71. The molecule has 0 heterocycles. The lowest BCUT2D eigenvalue weighted by Crippen LogP contribution is -2.06. The molecule has 4 heteroatoms. The van der Waals surface area contributed by atoms with Gasteiger partial charge in [-0.15, -0.1) is 0 Å². The number of rotatable bonds is 3. The van der Waals surface area contributed by atoms with Crippen LogP contribution in [0.1, 0.15) is 24.8 Å². The van der Waals surface area contributed by atoms with Crippen molar-refractivity contribution in [2.75, 3.05) is 6.54 Å². The fraction of sp³-hybridized carbons (Fsp3) is 0.400. The predicted octanol–water partition coefficient (Wildman–Crippen LogP) is 3.07. The van der Waals surface area contributed by atoms with Crippen LogP contribution in [-0.2, 0) is 0 Å². The maximum absolute atomic E-state index is 13.3. The van der Waals surface area contributed by atoms with E-state index in [-0.39, 0.29) is 10.9 Å². The van der Waals surface area contributed by atoms with E-state index in [2.05, 4.69) is 0 Å². The van der Waals surface area contributed by atoms with Crippen molar-refractivity contribution >= 4 is 11.6 Å². The molecular formula is C10H12ClF2N. The minimum Gasteiger partial charge on any atom is -0.330 e. The lowest BCUT2D eigenvalue weighted by atomic mass is 9.97. The molecule has 1 aromatic rings. The molecule has 0 aliphatic rings. The zero-order valence-corrected chi connectivity index (χ0v) is 8.61. The minimum atomic E-state index is -0.729. The first-order chi connectivity index (χ1) is 6.56. The quantitative estimate of drug-likeness (QED) is 0.777. The lowest BCUT2D eigenvalue weighted by molar-refractivity contribution is 0.552. The van der Waals surface area contributed by atoms with E-state index in [0.717, 1.165) is 6.07 Å². The Bertz CT molecular complexity index is 328. The Morgan fingerprint density at radius 3 is 2.57 bits per heavy atom. The predicted molar refractivity (Wildman–Crippen MR) is 53.5 cm³/mol. The average molecular weight is 220 g/mol. The summed E-state index contributed by atoms with van der Waals surface area (Å²) in [5.74, 6) is -1.33. The molecule has 1 unspecified atom stereocenters. The highest BCUT2D eigenvalue weighted by Crippen LogP contribution is 2.26. The summed E-state index contributed by atoms with van der Waals surface area (Å²) in [4.78, 5) is 0. The second-order valence-corrected chi connectivity index (χ2v) is 3.67. The van der Waals surface area contributed by atoms with Gasteiger partial charge in [0.05, 0.1) is 5.02 Å². The summed E-state index contributed by atoms with van der Waals surface area (Å²) >= 11 is 5.56. The van der Waals surface area contributed by atoms with Crippen molar-refractivity contribution in [3.05, 3.63) is 34.4 Å². The highest BCUT2D eigenvalue weighted by molar-refractivity contribution is 6.30. The molecule has 0 fully saturated rings. The number of benzene rings is 1. The lowest BCUT2D eigenvalue weighted by Gasteiger charge is -2.12. The van der Waals surface area contributed by atoms with E-state index in [1.165, 1.54) is 6.07 Å². The third kappa shape index (κ3) is 2.42. The molecule has 0 saturated carbocycles. The Morgan fingerprint density at radius 2 is 2.00 bits per heavy atom. The van der Waals surface area contributed by atoms with Gasteiger partial charge in [0.2, 0.25) is 0 Å². The molecule has 14 heavy (non-hydrogen) atoms. The van der Waals surface area contributed by atoms with Crippen LogP contribution in [0.4, 0.5) is 8.78 Å². The van der Waals surface area contributed by atoms with E-state index in [0.29, 0.717) is 18.5 Å². The van der Waals surface area contributed by atoms with Gasteiger partial charge >= 0.3 is 0 Å². The highest BCUT2D eigenvalue weighted by Gasteiger charge is 2.13. The van der Waals surface area contributed by atoms with Gasteiger partial charge in [0, 0.05) is 6.07 Å². The molecule has 1 rings (SSSR count). The molecular weight excluding hydrogens is 208 g/mol. The first-order valence-electron chi connectivity index (χ1n) is 4.40. The Morgan fingerprint density at radius 1 is 1.36 bits per heavy atom. The minimum absolute atomic E-state index is 0.0434. The number of hydrogen-bond acceptors (Lipinski definition) is 1. The van der Waals surface area contributed by atoms with Crippen molar-refractivity contribution in [3.8, 4) is 0 Å². The standard InChI is InChI=1S/C10H12ClF2N/c1-6(2-3-14)7-4-8(11)10(13)5-9(7)12/h4-6H,2-3,14H2,1H3. The van der Waals surface area contributed by atoms with Crippen molar-refractivity contribution in [3.63, 3.8) is 0 Å². The molecule has 0 amide bonds. The Kier molecular flexibility index (Phi) is 3.84. The Labute approximate surface area is 86.9 Å². The van der Waals surface area contributed by atoms with E-state index in [4.69, 9.17) is 17.3 Å². The Hall–Kier alpha value is -0.670. The molecule has 2 N–H and O–H groups in total. The normalized spacial score (nSPS) is 12.9. The van der Waals surface area contributed by atoms with Crippen molar-refractivity contribution in [2.45, 2.75) is 19.3 Å². The van der Waals surface area contributed by atoms with Crippen molar-refractivity contribution in [1.82, 2.24) is 0 Å². The molecule has 1 atom stereocenters. The number of halogens is 3. The van der Waals surface area contributed by atoms with Crippen LogP contribution < -0.4 is 5.73 Å². The van der Waals surface area contributed by atoms with Gasteiger partial charge in [-0.05, 0) is 30.5 Å². The maximum Gasteiger partial charge on any atom is 0.144 e. The summed E-state index contributed by atoms with van der Waals surface area (Å²) in [6.45, 7) is 2.30. The zero-order valence-electron chi connectivity index (χ0n) is 7.86. The van der Waals surface area contributed by atoms with Crippen molar-refractivity contribution in [1.29, 1.82) is 0 Å². The Balaban J connectivity index is 3.02. The third-order valence-electron chi connectivity index (χ3n) is 2.17. The maximum atomic E-state index is 13.3. The molecule has 78 valence electrons. The molecule has 1 nitrogen and oxygen atoms in total. The third-order valence-corrected chi connectivity index (χ3v) is 2.46. The van der Waals surface area contributed by atoms with Gasteiger partial charge < -0.3 is 5.73 Å². The van der Waals surface area contributed by atoms with Gasteiger partial charge in [-0.2, -0.15) is 0 Å². The second-order valence-electron chi connectivity index (χ2n) is 3.27. The van der Waals surface area contributed by atoms with Gasteiger partial charge in [-0.1, -0.05) is 18.5 Å². The van der Waals surface area contributed by atoms with E-state index in [9.17, 15) is 8.78 Å². The SMILES string of the molecule is CC(CCN)c1cc(Cl)c(F)cc1F. The summed E-state index contributed by atoms with van der Waals surface area (Å²) in [6, 6.07) is 2.14. The van der Waals surface area contributed by atoms with Gasteiger partial charge in [-0.3, -0.25) is 0 Å². The molecule has 0 spiro atoms. The van der Waals surface area contributed by atoms with E-state index in [1.54, 1.807) is 0 Å². The van der Waals surface area contributed by atoms with E-state index in [1.807, 2.05) is 6.92 Å². The largest absolute Gasteiger partial charge is 0.330 e. The monoisotopic (exact) mass is 219 g/mol. The van der Waals surface area contributed by atoms with Crippen LogP contribution in [0.25, 0.3) is 0 Å². The van der Waals surface area contributed by atoms with Crippen LogP contribution in [-0.4, -0.2) is 6.54 Å². The summed E-state index contributed by atoms with van der Waals surface area (Å²) in [6.07, 6.45) is 0.652. The fourth-order valence-electron chi connectivity index (χ4n) is 1.32. The van der Waals surface area contributed by atoms with Crippen LogP contribution in [0.3, 0.4) is 0 Å². The van der Waals surface area contributed by atoms with Crippen LogP contribution in [0.2, 0.25) is 5.02 Å². The van der Waals surface area contributed by atoms with E-state index >= 15 is 0 Å². The molecule has 0 radical (unpaired) electrons. The highest BCUT2D eigenvalue weighted by atomic mass is 35.5. The summed E-state index contributed by atoms with van der Waals surface area (Å²) < 4.78 is 26.1. The van der Waals surface area contributed by atoms with Crippen LogP contribution in [0, 0.1) is 11.6 Å². The zero-order chi connectivity index (χ0) is 10.7. The molecule has 0 bridgehead atoms. The average Bonchev–Trinajstić information content (AvgIpc) is 2.11. The van der Waals surface area contributed by atoms with Gasteiger partial charge in [0.25, 0.3) is 0 Å². The summed E-state index contributed by atoms with van der Waals surface area (Å²) in [5.41, 5.74) is 5.77. The molecule has 0 aromatic heterocycles. The van der Waals surface area contributed by atoms with Crippen LogP contribution >= 0.6 is 11.6 Å². The van der Waals surface area contributed by atoms with Crippen LogP contribution in [0.15, 0.2) is 12.1 Å². The smallest absolute Gasteiger partial charge is 0.144 e. The van der Waals surface area contributed by atoms with Crippen LogP contribution in [0.5, 0.6) is 0 Å². The summed E-state index contributed by atoms with van der Waals surface area (Å²) in [7, 11) is 0. The van der Waals surface area contributed by atoms with Gasteiger partial charge in [0.15, 0.2) is 0 Å². The van der Waals surface area contributed by atoms with Crippen molar-refractivity contribution in [2.24, 2.45) is 5.73 Å². The van der Waals surface area contributed by atoms with E-state index < -0.39 is 11.6 Å². The number of hydrogen-bond donors (Lipinski definition) is 1. The molecule has 0 saturated heterocycles. The van der Waals surface area contributed by atoms with Gasteiger partial charge in [0.1, 0.15) is 11.6 Å². The number of nitrogens with two attached hydrogens (primary N) is 1. The fourth-order valence-corrected chi connectivity index (χ4v) is 1.49. The first kappa shape index (κ1) is 11.4. The topological polar surface area (TPSA) is 26.0 Å². The van der Waals surface area contributed by atoms with Crippen molar-refractivity contribution < 1.29 is 8.78 Å². The molecule has 1 aromatic carbocycles.